The van der Waals surface area contributed by atoms with Gasteiger partial charge < -0.3 is 5.32 Å². The Morgan fingerprint density at radius 3 is 2.75 bits per heavy atom. The minimum atomic E-state index is -0.493. The van der Waals surface area contributed by atoms with E-state index in [1.807, 2.05) is 24.3 Å². The summed E-state index contributed by atoms with van der Waals surface area (Å²) in [7, 11) is 0. The molecule has 3 aromatic rings. The molecular formula is C20H18FIN4O2. The van der Waals surface area contributed by atoms with Crippen LogP contribution < -0.4 is 10.8 Å². The van der Waals surface area contributed by atoms with E-state index >= 15 is 0 Å². The Morgan fingerprint density at radius 2 is 2.07 bits per heavy atom. The Labute approximate surface area is 175 Å². The van der Waals surface area contributed by atoms with Crippen LogP contribution in [0.2, 0.25) is 0 Å². The van der Waals surface area contributed by atoms with Gasteiger partial charge in [0.15, 0.2) is 5.82 Å². The number of aromatic nitrogens is 2. The van der Waals surface area contributed by atoms with Gasteiger partial charge in [-0.1, -0.05) is 0 Å². The number of nitrogens with zero attached hydrogens (tertiary/aromatic N) is 2. The van der Waals surface area contributed by atoms with Crippen molar-refractivity contribution in [1.29, 1.82) is 0 Å². The van der Waals surface area contributed by atoms with Gasteiger partial charge in [-0.2, -0.15) is 5.10 Å². The molecule has 0 saturated heterocycles. The van der Waals surface area contributed by atoms with E-state index in [1.165, 1.54) is 16.8 Å². The minimum absolute atomic E-state index is 0.186. The molecule has 4 rings (SSSR count). The van der Waals surface area contributed by atoms with Crippen LogP contribution in [0.3, 0.4) is 0 Å². The van der Waals surface area contributed by atoms with Gasteiger partial charge in [-0.15, -0.1) is 0 Å². The van der Waals surface area contributed by atoms with E-state index < -0.39 is 11.7 Å². The number of amides is 1. The Morgan fingerprint density at radius 1 is 1.29 bits per heavy atom. The summed E-state index contributed by atoms with van der Waals surface area (Å²) in [5.74, 6) is -0.424. The molecule has 1 aliphatic carbocycles. The van der Waals surface area contributed by atoms with Crippen LogP contribution >= 0.6 is 22.6 Å². The Kier molecular flexibility index (Phi) is 5.58. The van der Waals surface area contributed by atoms with Gasteiger partial charge in [-0.3, -0.25) is 9.63 Å². The molecular weight excluding hydrogens is 474 g/mol. The van der Waals surface area contributed by atoms with E-state index in [-0.39, 0.29) is 11.3 Å². The third kappa shape index (κ3) is 4.50. The number of hydroxylamine groups is 1. The molecule has 144 valence electrons. The quantitative estimate of drug-likeness (QED) is 0.379. The van der Waals surface area contributed by atoms with Gasteiger partial charge >= 0.3 is 0 Å². The summed E-state index contributed by atoms with van der Waals surface area (Å²) in [6.07, 6.45) is 5.41. The van der Waals surface area contributed by atoms with Crippen molar-refractivity contribution in [3.8, 4) is 5.69 Å². The second-order valence-corrected chi connectivity index (χ2v) is 7.86. The predicted molar refractivity (Wildman–Crippen MR) is 112 cm³/mol. The van der Waals surface area contributed by atoms with Crippen molar-refractivity contribution in [2.75, 3.05) is 11.9 Å². The number of nitrogens with one attached hydrogen (secondary N) is 2. The van der Waals surface area contributed by atoms with Gasteiger partial charge in [0.1, 0.15) is 5.69 Å². The number of hydrogen-bond acceptors (Lipinski definition) is 4. The van der Waals surface area contributed by atoms with E-state index in [0.29, 0.717) is 18.2 Å². The number of hydrogen-bond donors (Lipinski definition) is 2. The highest BCUT2D eigenvalue weighted by molar-refractivity contribution is 14.1. The third-order valence-corrected chi connectivity index (χ3v) is 5.11. The molecule has 2 N–H and O–H groups in total. The maximum Gasteiger partial charge on any atom is 0.277 e. The van der Waals surface area contributed by atoms with Crippen LogP contribution in [0.15, 0.2) is 54.9 Å². The SMILES string of the molecule is O=C(NOCC1CC1)c1cc(-n2cccn2)c(F)cc1Nc1ccc(I)cc1. The summed E-state index contributed by atoms with van der Waals surface area (Å²) in [4.78, 5) is 18.0. The lowest BCUT2D eigenvalue weighted by atomic mass is 10.1. The molecule has 1 aromatic heterocycles. The van der Waals surface area contributed by atoms with Crippen molar-refractivity contribution >= 4 is 39.9 Å². The fraction of sp³-hybridized carbons (Fsp3) is 0.200. The summed E-state index contributed by atoms with van der Waals surface area (Å²) < 4.78 is 17.2. The van der Waals surface area contributed by atoms with Crippen molar-refractivity contribution in [3.05, 3.63) is 69.8 Å². The first-order chi connectivity index (χ1) is 13.6. The number of carbonyl (C=O) groups excluding carboxylic acids is 1. The fourth-order valence-electron chi connectivity index (χ4n) is 2.69. The van der Waals surface area contributed by atoms with Crippen LogP contribution in [0, 0.1) is 15.3 Å². The van der Waals surface area contributed by atoms with Crippen LogP contribution in [0.25, 0.3) is 5.69 Å². The second kappa shape index (κ2) is 8.27. The van der Waals surface area contributed by atoms with E-state index in [2.05, 4.69) is 38.5 Å². The molecule has 6 nitrogen and oxygen atoms in total. The van der Waals surface area contributed by atoms with E-state index in [4.69, 9.17) is 4.84 Å². The lowest BCUT2D eigenvalue weighted by Gasteiger charge is -2.15. The van der Waals surface area contributed by atoms with Crippen LogP contribution in [0.4, 0.5) is 15.8 Å². The van der Waals surface area contributed by atoms with E-state index in [0.717, 1.165) is 22.1 Å². The third-order valence-electron chi connectivity index (χ3n) is 4.39. The summed E-state index contributed by atoms with van der Waals surface area (Å²) in [5, 5.41) is 7.17. The largest absolute Gasteiger partial charge is 0.355 e. The molecule has 1 amide bonds. The van der Waals surface area contributed by atoms with Crippen LogP contribution in [-0.2, 0) is 4.84 Å². The molecule has 1 aliphatic rings. The van der Waals surface area contributed by atoms with Crippen LogP contribution in [0.1, 0.15) is 23.2 Å². The molecule has 1 saturated carbocycles. The van der Waals surface area contributed by atoms with Gasteiger partial charge in [0.25, 0.3) is 5.91 Å². The Balaban J connectivity index is 1.64. The molecule has 8 heteroatoms. The van der Waals surface area contributed by atoms with Gasteiger partial charge in [0, 0.05) is 27.7 Å². The molecule has 0 radical (unpaired) electrons. The first-order valence-corrected chi connectivity index (χ1v) is 9.96. The molecule has 0 spiro atoms. The maximum absolute atomic E-state index is 14.7. The summed E-state index contributed by atoms with van der Waals surface area (Å²) in [5.41, 5.74) is 4.01. The number of halogens is 2. The van der Waals surface area contributed by atoms with Gasteiger partial charge in [0.2, 0.25) is 0 Å². The van der Waals surface area contributed by atoms with Crippen molar-refractivity contribution in [3.63, 3.8) is 0 Å². The normalized spacial score (nSPS) is 13.4. The highest BCUT2D eigenvalue weighted by atomic mass is 127. The van der Waals surface area contributed by atoms with E-state index in [1.54, 1.807) is 18.5 Å². The highest BCUT2D eigenvalue weighted by Gasteiger charge is 2.23. The van der Waals surface area contributed by atoms with E-state index in [9.17, 15) is 9.18 Å². The average Bonchev–Trinajstić information content (AvgIpc) is 3.34. The Hall–Kier alpha value is -2.46. The predicted octanol–water partition coefficient (Wildman–Crippen LogP) is 4.43. The monoisotopic (exact) mass is 492 g/mol. The van der Waals surface area contributed by atoms with Crippen LogP contribution in [-0.4, -0.2) is 22.3 Å². The standard InChI is InChI=1S/C20H18FIN4O2/c21-17-11-18(24-15-6-4-14(22)5-7-15)16(10-19(17)26-9-1-8-23-26)20(27)25-28-12-13-2-3-13/h1,4-11,13,24H,2-3,12H2,(H,25,27). The first kappa shape index (κ1) is 18.9. The van der Waals surface area contributed by atoms with Crippen LogP contribution in [0.5, 0.6) is 0 Å². The molecule has 1 heterocycles. The van der Waals surface area contributed by atoms with Crippen molar-refractivity contribution < 1.29 is 14.0 Å². The molecule has 0 bridgehead atoms. The highest BCUT2D eigenvalue weighted by Crippen LogP contribution is 2.29. The first-order valence-electron chi connectivity index (χ1n) is 8.88. The molecule has 1 fully saturated rings. The average molecular weight is 492 g/mol. The van der Waals surface area contributed by atoms with Gasteiger partial charge in [-0.25, -0.2) is 14.6 Å². The van der Waals surface area contributed by atoms with Crippen molar-refractivity contribution in [2.24, 2.45) is 5.92 Å². The zero-order chi connectivity index (χ0) is 19.5. The molecule has 0 unspecified atom stereocenters. The molecule has 2 aromatic carbocycles. The summed E-state index contributed by atoms with van der Waals surface area (Å²) in [6, 6.07) is 12.0. The molecule has 0 atom stereocenters. The van der Waals surface area contributed by atoms with Crippen molar-refractivity contribution in [1.82, 2.24) is 15.3 Å². The number of anilines is 2. The van der Waals surface area contributed by atoms with Crippen molar-refractivity contribution in [2.45, 2.75) is 12.8 Å². The summed E-state index contributed by atoms with van der Waals surface area (Å²) in [6.45, 7) is 0.485. The van der Waals surface area contributed by atoms with Gasteiger partial charge in [0.05, 0.1) is 17.9 Å². The number of rotatable bonds is 7. The summed E-state index contributed by atoms with van der Waals surface area (Å²) >= 11 is 2.21. The number of carbonyl (C=O) groups is 1. The van der Waals surface area contributed by atoms with Gasteiger partial charge in [-0.05, 0) is 77.7 Å². The zero-order valence-corrected chi connectivity index (χ0v) is 17.0. The maximum atomic E-state index is 14.7. The molecule has 0 aliphatic heterocycles. The zero-order valence-electron chi connectivity index (χ0n) is 14.9. The molecule has 28 heavy (non-hydrogen) atoms. The topological polar surface area (TPSA) is 68.2 Å². The Bertz CT molecular complexity index is 973. The fourth-order valence-corrected chi connectivity index (χ4v) is 3.05. The lowest BCUT2D eigenvalue weighted by Crippen LogP contribution is -2.26. The second-order valence-electron chi connectivity index (χ2n) is 6.62. The minimum Gasteiger partial charge on any atom is -0.355 e. The number of benzene rings is 2. The lowest BCUT2D eigenvalue weighted by molar-refractivity contribution is 0.0271. The smallest absolute Gasteiger partial charge is 0.277 e.